The molecule has 1 heterocycles. The zero-order valence-electron chi connectivity index (χ0n) is 31.9. The molecule has 1 rings (SSSR count). The van der Waals surface area contributed by atoms with Gasteiger partial charge in [0.25, 0.3) is 0 Å². The minimum Gasteiger partial charge on any atom is -0.352 e. The first kappa shape index (κ1) is 43.0. The molecule has 0 radical (unpaired) electrons. The molecule has 0 aliphatic carbocycles. The van der Waals surface area contributed by atoms with Crippen LogP contribution in [0, 0.1) is 0 Å². The normalized spacial score (nSPS) is 14.7. The molecular formula is C42H84N3O+. The van der Waals surface area contributed by atoms with E-state index in [0.717, 1.165) is 32.5 Å². The van der Waals surface area contributed by atoms with Gasteiger partial charge in [-0.2, -0.15) is 0 Å². The number of nitrogens with zero attached hydrogens (tertiary/aromatic N) is 1. The molecule has 1 amide bonds. The van der Waals surface area contributed by atoms with E-state index in [9.17, 15) is 4.79 Å². The summed E-state index contributed by atoms with van der Waals surface area (Å²) in [5, 5.41) is 6.86. The van der Waals surface area contributed by atoms with Gasteiger partial charge in [0.1, 0.15) is 19.1 Å². The molecule has 0 saturated carbocycles. The fourth-order valence-electron chi connectivity index (χ4n) is 7.23. The van der Waals surface area contributed by atoms with E-state index >= 15 is 0 Å². The van der Waals surface area contributed by atoms with Crippen molar-refractivity contribution in [3.63, 3.8) is 0 Å². The van der Waals surface area contributed by atoms with E-state index in [2.05, 4.69) is 36.0 Å². The summed E-state index contributed by atoms with van der Waals surface area (Å²) in [7, 11) is 0. The van der Waals surface area contributed by atoms with Crippen LogP contribution in [-0.2, 0) is 4.79 Å². The highest BCUT2D eigenvalue weighted by atomic mass is 16.1. The number of amides is 1. The van der Waals surface area contributed by atoms with Gasteiger partial charge in [0.15, 0.2) is 0 Å². The Hall–Kier alpha value is -1.06. The van der Waals surface area contributed by atoms with Crippen LogP contribution in [-0.4, -0.2) is 42.0 Å². The second-order valence-corrected chi connectivity index (χ2v) is 15.0. The molecule has 1 aliphatic heterocycles. The Morgan fingerprint density at radius 3 is 1.30 bits per heavy atom. The summed E-state index contributed by atoms with van der Waals surface area (Å²) >= 11 is 0. The Kier molecular flexibility index (Phi) is 31.6. The third kappa shape index (κ3) is 26.9. The molecule has 272 valence electrons. The fourth-order valence-corrected chi connectivity index (χ4v) is 7.23. The molecule has 0 aromatic heterocycles. The highest BCUT2D eigenvalue weighted by Gasteiger charge is 2.26. The van der Waals surface area contributed by atoms with Crippen molar-refractivity contribution < 1.29 is 9.37 Å². The van der Waals surface area contributed by atoms with Crippen molar-refractivity contribution in [2.75, 3.05) is 19.6 Å². The molecule has 1 aliphatic rings. The van der Waals surface area contributed by atoms with Gasteiger partial charge in [-0.15, -0.1) is 0 Å². The van der Waals surface area contributed by atoms with E-state index in [1.807, 2.05) is 0 Å². The SMILES string of the molecule is CCCCCCCCCCCCCCCCCCC1=[N+](CCNC(=O)CCCCCCCCCCCCCCCCC)C(C)CN1. The van der Waals surface area contributed by atoms with Crippen LogP contribution in [0.5, 0.6) is 0 Å². The maximum Gasteiger partial charge on any atom is 0.245 e. The summed E-state index contributed by atoms with van der Waals surface area (Å²) in [6.45, 7) is 9.65. The van der Waals surface area contributed by atoms with E-state index in [-0.39, 0.29) is 5.91 Å². The summed E-state index contributed by atoms with van der Waals surface area (Å²) in [4.78, 5) is 12.4. The van der Waals surface area contributed by atoms with E-state index in [1.165, 1.54) is 198 Å². The Bertz CT molecular complexity index is 690. The van der Waals surface area contributed by atoms with Crippen molar-refractivity contribution in [1.82, 2.24) is 10.6 Å². The fraction of sp³-hybridized carbons (Fsp3) is 0.952. The Morgan fingerprint density at radius 1 is 0.565 bits per heavy atom. The standard InChI is InChI=1S/C42H83N3O/c1-4-6-8-10-12-14-16-18-20-22-23-25-27-29-31-33-35-41-44-39-40(3)45(41)38-37-43-42(46)36-34-32-30-28-26-24-21-19-17-15-13-11-9-7-5-2/h40H,4-39H2,1-3H3,(H,43,46)/p+1. The lowest BCUT2D eigenvalue weighted by Gasteiger charge is -2.10. The van der Waals surface area contributed by atoms with Crippen LogP contribution in [0.2, 0.25) is 0 Å². The Morgan fingerprint density at radius 2 is 0.913 bits per heavy atom. The topological polar surface area (TPSA) is 44.1 Å². The predicted molar refractivity (Wildman–Crippen MR) is 204 cm³/mol. The van der Waals surface area contributed by atoms with Crippen LogP contribution in [0.4, 0.5) is 0 Å². The molecule has 0 saturated heterocycles. The maximum atomic E-state index is 12.4. The molecule has 0 aromatic carbocycles. The van der Waals surface area contributed by atoms with Gasteiger partial charge in [0.2, 0.25) is 11.7 Å². The molecular weight excluding hydrogens is 562 g/mol. The predicted octanol–water partition coefficient (Wildman–Crippen LogP) is 12.4. The van der Waals surface area contributed by atoms with Gasteiger partial charge >= 0.3 is 0 Å². The first-order valence-corrected chi connectivity index (χ1v) is 21.3. The number of rotatable bonds is 36. The van der Waals surface area contributed by atoms with Gasteiger partial charge in [0.05, 0.1) is 6.54 Å². The van der Waals surface area contributed by atoms with Crippen molar-refractivity contribution in [2.45, 2.75) is 239 Å². The van der Waals surface area contributed by atoms with E-state index < -0.39 is 0 Å². The average molecular weight is 647 g/mol. The maximum absolute atomic E-state index is 12.4. The van der Waals surface area contributed by atoms with Crippen LogP contribution in [0.3, 0.4) is 0 Å². The van der Waals surface area contributed by atoms with Gasteiger partial charge in [-0.25, -0.2) is 0 Å². The number of amidine groups is 1. The quantitative estimate of drug-likeness (QED) is 0.0525. The molecule has 1 unspecified atom stereocenters. The van der Waals surface area contributed by atoms with Crippen molar-refractivity contribution in [1.29, 1.82) is 0 Å². The highest BCUT2D eigenvalue weighted by Crippen LogP contribution is 2.16. The van der Waals surface area contributed by atoms with Crippen LogP contribution in [0.15, 0.2) is 0 Å². The number of nitrogens with one attached hydrogen (secondary N) is 2. The lowest BCUT2D eigenvalue weighted by molar-refractivity contribution is -0.550. The molecule has 0 aromatic rings. The molecule has 0 spiro atoms. The number of unbranched alkanes of at least 4 members (excludes halogenated alkanes) is 29. The molecule has 0 bridgehead atoms. The van der Waals surface area contributed by atoms with Gasteiger partial charge < -0.3 is 5.32 Å². The van der Waals surface area contributed by atoms with Gasteiger partial charge in [-0.1, -0.05) is 200 Å². The summed E-state index contributed by atoms with van der Waals surface area (Å²) in [6, 6.07) is 0.531. The number of carbonyl (C=O) groups is 1. The molecule has 4 nitrogen and oxygen atoms in total. The smallest absolute Gasteiger partial charge is 0.245 e. The summed E-state index contributed by atoms with van der Waals surface area (Å²) in [5.74, 6) is 1.66. The number of hydrogen-bond donors (Lipinski definition) is 2. The van der Waals surface area contributed by atoms with E-state index in [0.29, 0.717) is 12.5 Å². The Balaban J connectivity index is 1.92. The number of carbonyl (C=O) groups excluding carboxylic acids is 1. The monoisotopic (exact) mass is 647 g/mol. The minimum absolute atomic E-state index is 0.244. The van der Waals surface area contributed by atoms with Crippen molar-refractivity contribution >= 4 is 11.7 Å². The molecule has 1 atom stereocenters. The molecule has 0 fully saturated rings. The Labute approximate surface area is 289 Å². The van der Waals surface area contributed by atoms with E-state index in [1.54, 1.807) is 0 Å². The van der Waals surface area contributed by atoms with Crippen molar-refractivity contribution in [2.24, 2.45) is 0 Å². The molecule has 4 heteroatoms. The van der Waals surface area contributed by atoms with Crippen LogP contribution in [0.1, 0.15) is 233 Å². The molecule has 2 N–H and O–H groups in total. The van der Waals surface area contributed by atoms with Crippen LogP contribution >= 0.6 is 0 Å². The average Bonchev–Trinajstić information content (AvgIpc) is 3.41. The third-order valence-corrected chi connectivity index (χ3v) is 10.4. The van der Waals surface area contributed by atoms with Crippen molar-refractivity contribution in [3.8, 4) is 0 Å². The summed E-state index contributed by atoms with van der Waals surface area (Å²) < 4.78 is 2.51. The van der Waals surface area contributed by atoms with Gasteiger partial charge in [-0.05, 0) is 19.8 Å². The number of hydrogen-bond acceptors (Lipinski definition) is 2. The summed E-state index contributed by atoms with van der Waals surface area (Å²) in [6.07, 6.45) is 45.1. The third-order valence-electron chi connectivity index (χ3n) is 10.4. The first-order valence-electron chi connectivity index (χ1n) is 21.3. The lowest BCUT2D eigenvalue weighted by atomic mass is 10.0. The first-order chi connectivity index (χ1) is 22.7. The minimum atomic E-state index is 0.244. The van der Waals surface area contributed by atoms with Gasteiger partial charge in [-0.3, -0.25) is 14.7 Å². The van der Waals surface area contributed by atoms with Crippen LogP contribution in [0.25, 0.3) is 0 Å². The highest BCUT2D eigenvalue weighted by molar-refractivity contribution is 5.78. The van der Waals surface area contributed by atoms with Gasteiger partial charge in [0, 0.05) is 12.8 Å². The zero-order valence-corrected chi connectivity index (χ0v) is 31.9. The van der Waals surface area contributed by atoms with Crippen molar-refractivity contribution in [3.05, 3.63) is 0 Å². The largest absolute Gasteiger partial charge is 0.352 e. The van der Waals surface area contributed by atoms with E-state index in [4.69, 9.17) is 0 Å². The second-order valence-electron chi connectivity index (χ2n) is 15.0. The lowest BCUT2D eigenvalue weighted by Crippen LogP contribution is -2.34. The zero-order chi connectivity index (χ0) is 33.2. The summed E-state index contributed by atoms with van der Waals surface area (Å²) in [5.41, 5.74) is 0. The second kappa shape index (κ2) is 33.8. The molecule has 46 heavy (non-hydrogen) atoms. The van der Waals surface area contributed by atoms with Crippen LogP contribution < -0.4 is 10.6 Å².